The summed E-state index contributed by atoms with van der Waals surface area (Å²) in [6, 6.07) is 18.8. The van der Waals surface area contributed by atoms with Crippen LogP contribution in [0, 0.1) is 0 Å². The van der Waals surface area contributed by atoms with Gasteiger partial charge in [-0.3, -0.25) is 0 Å². The molecule has 0 aromatic heterocycles. The van der Waals surface area contributed by atoms with Crippen LogP contribution in [0.4, 0.5) is 0 Å². The van der Waals surface area contributed by atoms with Gasteiger partial charge in [0.2, 0.25) is 0 Å². The van der Waals surface area contributed by atoms with Crippen molar-refractivity contribution in [2.75, 3.05) is 6.61 Å². The van der Waals surface area contributed by atoms with Crippen molar-refractivity contribution in [3.8, 4) is 11.1 Å². The van der Waals surface area contributed by atoms with E-state index in [0.717, 1.165) is 18.5 Å². The second-order valence-corrected chi connectivity index (χ2v) is 5.82. The largest absolute Gasteiger partial charge is 0.494 e. The summed E-state index contributed by atoms with van der Waals surface area (Å²) in [5.74, 6) is 0. The van der Waals surface area contributed by atoms with Crippen LogP contribution in [0.25, 0.3) is 11.1 Å². The lowest BCUT2D eigenvalue weighted by atomic mass is 9.75. The zero-order valence-corrected chi connectivity index (χ0v) is 12.0. The Bertz CT molecular complexity index is 563. The summed E-state index contributed by atoms with van der Waals surface area (Å²) in [6.45, 7) is 4.97. The first-order valence-electron chi connectivity index (χ1n) is 7.09. The molecular formula is C17H19BO2. The molecule has 3 rings (SSSR count). The lowest BCUT2D eigenvalue weighted by Crippen LogP contribution is -2.48. The van der Waals surface area contributed by atoms with Gasteiger partial charge in [0, 0.05) is 6.61 Å². The van der Waals surface area contributed by atoms with Crippen LogP contribution in [0.15, 0.2) is 54.6 Å². The molecule has 0 saturated carbocycles. The van der Waals surface area contributed by atoms with Gasteiger partial charge in [-0.2, -0.15) is 0 Å². The Morgan fingerprint density at radius 1 is 0.900 bits per heavy atom. The van der Waals surface area contributed by atoms with E-state index in [1.165, 1.54) is 11.1 Å². The van der Waals surface area contributed by atoms with E-state index in [2.05, 4.69) is 62.4 Å². The Labute approximate surface area is 120 Å². The fourth-order valence-corrected chi connectivity index (χ4v) is 2.42. The summed E-state index contributed by atoms with van der Waals surface area (Å²) in [5, 5.41) is 0. The predicted octanol–water partition coefficient (Wildman–Crippen LogP) is 3.26. The van der Waals surface area contributed by atoms with Gasteiger partial charge in [-0.1, -0.05) is 54.6 Å². The molecule has 1 aliphatic heterocycles. The van der Waals surface area contributed by atoms with E-state index in [9.17, 15) is 0 Å². The van der Waals surface area contributed by atoms with Crippen molar-refractivity contribution in [2.24, 2.45) is 0 Å². The molecule has 20 heavy (non-hydrogen) atoms. The average molecular weight is 266 g/mol. The third kappa shape index (κ3) is 2.95. The maximum atomic E-state index is 5.98. The molecule has 0 radical (unpaired) electrons. The molecule has 0 atom stereocenters. The van der Waals surface area contributed by atoms with E-state index >= 15 is 0 Å². The highest BCUT2D eigenvalue weighted by Crippen LogP contribution is 2.22. The summed E-state index contributed by atoms with van der Waals surface area (Å²) >= 11 is 0. The lowest BCUT2D eigenvalue weighted by molar-refractivity contribution is 0.0108. The maximum Gasteiger partial charge on any atom is 0.494 e. The third-order valence-electron chi connectivity index (χ3n) is 3.69. The minimum atomic E-state index is -0.247. The summed E-state index contributed by atoms with van der Waals surface area (Å²) in [4.78, 5) is 0. The molecule has 2 aromatic carbocycles. The number of hydrogen-bond acceptors (Lipinski definition) is 2. The highest BCUT2D eigenvalue weighted by Gasteiger charge is 2.34. The topological polar surface area (TPSA) is 18.5 Å². The number of rotatable bonds is 2. The maximum absolute atomic E-state index is 5.98. The molecule has 0 bridgehead atoms. The quantitative estimate of drug-likeness (QED) is 0.777. The molecule has 1 fully saturated rings. The van der Waals surface area contributed by atoms with Crippen LogP contribution in [0.2, 0.25) is 0 Å². The summed E-state index contributed by atoms with van der Waals surface area (Å²) in [5.41, 5.74) is 3.41. The van der Waals surface area contributed by atoms with Gasteiger partial charge in [-0.15, -0.1) is 0 Å². The van der Waals surface area contributed by atoms with E-state index in [1.807, 2.05) is 6.07 Å². The standard InChI is InChI=1S/C17H19BO2/c1-17(2)12-13-19-18(20-17)16-10-8-15(9-11-16)14-6-4-3-5-7-14/h3-11H,12-13H2,1-2H3. The zero-order chi connectivity index (χ0) is 14.0. The zero-order valence-electron chi connectivity index (χ0n) is 12.0. The van der Waals surface area contributed by atoms with E-state index in [0.29, 0.717) is 0 Å². The van der Waals surface area contributed by atoms with Crippen molar-refractivity contribution in [3.63, 3.8) is 0 Å². The van der Waals surface area contributed by atoms with Gasteiger partial charge in [-0.25, -0.2) is 0 Å². The molecule has 3 heteroatoms. The molecule has 102 valence electrons. The second kappa shape index (κ2) is 5.43. The first kappa shape index (κ1) is 13.4. The van der Waals surface area contributed by atoms with Crippen molar-refractivity contribution in [3.05, 3.63) is 54.6 Å². The molecule has 1 saturated heterocycles. The van der Waals surface area contributed by atoms with Crippen LogP contribution in [0.1, 0.15) is 20.3 Å². The van der Waals surface area contributed by atoms with Gasteiger partial charge in [-0.05, 0) is 36.9 Å². The van der Waals surface area contributed by atoms with Crippen molar-refractivity contribution >= 4 is 12.6 Å². The van der Waals surface area contributed by atoms with E-state index < -0.39 is 0 Å². The minimum absolute atomic E-state index is 0.110. The fourth-order valence-electron chi connectivity index (χ4n) is 2.42. The average Bonchev–Trinajstić information content (AvgIpc) is 2.47. The summed E-state index contributed by atoms with van der Waals surface area (Å²) < 4.78 is 11.7. The summed E-state index contributed by atoms with van der Waals surface area (Å²) in [6.07, 6.45) is 0.936. The molecule has 0 aliphatic carbocycles. The third-order valence-corrected chi connectivity index (χ3v) is 3.69. The van der Waals surface area contributed by atoms with Crippen LogP contribution in [-0.2, 0) is 9.31 Å². The highest BCUT2D eigenvalue weighted by atomic mass is 16.6. The summed E-state index contributed by atoms with van der Waals surface area (Å²) in [7, 11) is -0.247. The van der Waals surface area contributed by atoms with E-state index in [1.54, 1.807) is 0 Å². The van der Waals surface area contributed by atoms with Gasteiger partial charge >= 0.3 is 7.12 Å². The Balaban J connectivity index is 1.80. The second-order valence-electron chi connectivity index (χ2n) is 5.82. The van der Waals surface area contributed by atoms with Crippen LogP contribution >= 0.6 is 0 Å². The van der Waals surface area contributed by atoms with E-state index in [4.69, 9.17) is 9.31 Å². The first-order valence-corrected chi connectivity index (χ1v) is 7.09. The molecule has 2 nitrogen and oxygen atoms in total. The van der Waals surface area contributed by atoms with Crippen LogP contribution < -0.4 is 5.46 Å². The van der Waals surface area contributed by atoms with Crippen LogP contribution in [0.5, 0.6) is 0 Å². The Morgan fingerprint density at radius 2 is 1.55 bits per heavy atom. The molecule has 0 unspecified atom stereocenters. The molecule has 0 spiro atoms. The predicted molar refractivity (Wildman–Crippen MR) is 83.0 cm³/mol. The van der Waals surface area contributed by atoms with Crippen molar-refractivity contribution < 1.29 is 9.31 Å². The minimum Gasteiger partial charge on any atom is -0.407 e. The van der Waals surface area contributed by atoms with Crippen molar-refractivity contribution in [1.29, 1.82) is 0 Å². The molecule has 0 amide bonds. The molecule has 2 aromatic rings. The Kier molecular flexibility index (Phi) is 3.64. The lowest BCUT2D eigenvalue weighted by Gasteiger charge is -2.34. The molecule has 1 heterocycles. The Morgan fingerprint density at radius 3 is 2.20 bits per heavy atom. The number of hydrogen-bond donors (Lipinski definition) is 0. The van der Waals surface area contributed by atoms with Gasteiger partial charge in [0.25, 0.3) is 0 Å². The highest BCUT2D eigenvalue weighted by molar-refractivity contribution is 6.61. The van der Waals surface area contributed by atoms with Crippen molar-refractivity contribution in [1.82, 2.24) is 0 Å². The molecule has 1 aliphatic rings. The van der Waals surface area contributed by atoms with Crippen LogP contribution in [0.3, 0.4) is 0 Å². The van der Waals surface area contributed by atoms with Gasteiger partial charge in [0.1, 0.15) is 0 Å². The SMILES string of the molecule is CC1(C)CCOB(c2ccc(-c3ccccc3)cc2)O1. The van der Waals surface area contributed by atoms with Gasteiger partial charge in [0.05, 0.1) is 5.60 Å². The van der Waals surface area contributed by atoms with Crippen molar-refractivity contribution in [2.45, 2.75) is 25.9 Å². The fraction of sp³-hybridized carbons (Fsp3) is 0.294. The monoisotopic (exact) mass is 266 g/mol. The van der Waals surface area contributed by atoms with Crippen LogP contribution in [-0.4, -0.2) is 19.3 Å². The number of benzene rings is 2. The molecule has 0 N–H and O–H groups in total. The smallest absolute Gasteiger partial charge is 0.407 e. The van der Waals surface area contributed by atoms with E-state index in [-0.39, 0.29) is 12.7 Å². The Hall–Kier alpha value is -1.58. The normalized spacial score (nSPS) is 18.0. The van der Waals surface area contributed by atoms with Gasteiger partial charge in [0.15, 0.2) is 0 Å². The first-order chi connectivity index (χ1) is 9.64. The molecular weight excluding hydrogens is 247 g/mol. The van der Waals surface area contributed by atoms with Gasteiger partial charge < -0.3 is 9.31 Å².